The molecule has 78 valence electrons. The molecule has 1 aliphatic rings. The molecule has 0 bridgehead atoms. The predicted octanol–water partition coefficient (Wildman–Crippen LogP) is 1.82. The van der Waals surface area contributed by atoms with Crippen molar-refractivity contribution in [1.82, 2.24) is 0 Å². The standard InChI is InChI=1S/C10H16N2OS/c1-6(2)10(13)9(11-4)8-5-14-7(3)12-8/h6,8H,5H2,1-4H3. The molecule has 0 radical (unpaired) electrons. The predicted molar refractivity (Wildman–Crippen MR) is 62.6 cm³/mol. The van der Waals surface area contributed by atoms with Gasteiger partial charge in [-0.05, 0) is 6.92 Å². The molecule has 4 heteroatoms. The number of hydrogen-bond acceptors (Lipinski definition) is 4. The van der Waals surface area contributed by atoms with Crippen molar-refractivity contribution >= 4 is 28.3 Å². The summed E-state index contributed by atoms with van der Waals surface area (Å²) >= 11 is 1.70. The molecular weight excluding hydrogens is 196 g/mol. The van der Waals surface area contributed by atoms with Gasteiger partial charge < -0.3 is 0 Å². The number of aliphatic imine (C=N–C) groups is 2. The Hall–Kier alpha value is -0.640. The van der Waals surface area contributed by atoms with E-state index in [1.807, 2.05) is 20.8 Å². The summed E-state index contributed by atoms with van der Waals surface area (Å²) in [6, 6.07) is -0.0140. The molecule has 0 saturated carbocycles. The largest absolute Gasteiger partial charge is 0.292 e. The van der Waals surface area contributed by atoms with Gasteiger partial charge in [0.25, 0.3) is 0 Å². The van der Waals surface area contributed by atoms with Crippen LogP contribution < -0.4 is 0 Å². The fourth-order valence-electron chi connectivity index (χ4n) is 1.35. The van der Waals surface area contributed by atoms with Gasteiger partial charge in [0.1, 0.15) is 11.8 Å². The first-order valence-electron chi connectivity index (χ1n) is 4.74. The van der Waals surface area contributed by atoms with Crippen LogP contribution in [0, 0.1) is 5.92 Å². The summed E-state index contributed by atoms with van der Waals surface area (Å²) in [7, 11) is 1.67. The third-order valence-electron chi connectivity index (χ3n) is 2.12. The molecule has 0 aromatic heterocycles. The molecule has 0 N–H and O–H groups in total. The topological polar surface area (TPSA) is 41.8 Å². The van der Waals surface area contributed by atoms with Gasteiger partial charge in [0.2, 0.25) is 0 Å². The van der Waals surface area contributed by atoms with Crippen molar-refractivity contribution in [2.75, 3.05) is 12.8 Å². The molecule has 0 aromatic rings. The van der Waals surface area contributed by atoms with Gasteiger partial charge in [0.15, 0.2) is 5.78 Å². The van der Waals surface area contributed by atoms with Crippen molar-refractivity contribution in [3.8, 4) is 0 Å². The van der Waals surface area contributed by atoms with Crippen LogP contribution in [0.3, 0.4) is 0 Å². The molecule has 0 fully saturated rings. The fraction of sp³-hybridized carbons (Fsp3) is 0.700. The van der Waals surface area contributed by atoms with Gasteiger partial charge in [-0.3, -0.25) is 14.8 Å². The first-order chi connectivity index (χ1) is 6.56. The van der Waals surface area contributed by atoms with E-state index in [2.05, 4.69) is 9.98 Å². The molecule has 0 aliphatic carbocycles. The van der Waals surface area contributed by atoms with E-state index in [9.17, 15) is 4.79 Å². The number of thioether (sulfide) groups is 1. The van der Waals surface area contributed by atoms with E-state index in [-0.39, 0.29) is 17.7 Å². The van der Waals surface area contributed by atoms with Crippen molar-refractivity contribution in [1.29, 1.82) is 0 Å². The van der Waals surface area contributed by atoms with Gasteiger partial charge in [-0.2, -0.15) is 0 Å². The minimum atomic E-state index is -0.0140. The Morgan fingerprint density at radius 1 is 1.64 bits per heavy atom. The highest BCUT2D eigenvalue weighted by molar-refractivity contribution is 8.14. The second-order valence-corrected chi connectivity index (χ2v) is 4.82. The van der Waals surface area contributed by atoms with Gasteiger partial charge in [0.05, 0.1) is 5.04 Å². The smallest absolute Gasteiger partial charge is 0.181 e. The number of carbonyl (C=O) groups is 1. The zero-order valence-corrected chi connectivity index (χ0v) is 9.89. The number of nitrogens with zero attached hydrogens (tertiary/aromatic N) is 2. The van der Waals surface area contributed by atoms with Crippen LogP contribution in [0.25, 0.3) is 0 Å². The van der Waals surface area contributed by atoms with Gasteiger partial charge in [-0.15, -0.1) is 11.8 Å². The van der Waals surface area contributed by atoms with Crippen molar-refractivity contribution in [3.63, 3.8) is 0 Å². The average molecular weight is 212 g/mol. The summed E-state index contributed by atoms with van der Waals surface area (Å²) in [4.78, 5) is 20.2. The second-order valence-electron chi connectivity index (χ2n) is 3.60. The maximum Gasteiger partial charge on any atom is 0.181 e. The SMILES string of the molecule is CN=C(C(=O)C(C)C)C1CSC(C)=N1. The summed E-state index contributed by atoms with van der Waals surface area (Å²) < 4.78 is 0. The second kappa shape index (κ2) is 4.73. The molecular formula is C10H16N2OS. The molecule has 1 unspecified atom stereocenters. The van der Waals surface area contributed by atoms with Crippen LogP contribution >= 0.6 is 11.8 Å². The number of ketones is 1. The first-order valence-corrected chi connectivity index (χ1v) is 5.73. The Morgan fingerprint density at radius 3 is 2.64 bits per heavy atom. The molecule has 1 atom stereocenters. The Morgan fingerprint density at radius 2 is 2.29 bits per heavy atom. The molecule has 0 aromatic carbocycles. The lowest BCUT2D eigenvalue weighted by molar-refractivity contribution is -0.115. The summed E-state index contributed by atoms with van der Waals surface area (Å²) in [5.74, 6) is 0.989. The summed E-state index contributed by atoms with van der Waals surface area (Å²) in [6.07, 6.45) is 0. The maximum atomic E-state index is 11.8. The Bertz CT molecular complexity index is 294. The van der Waals surface area contributed by atoms with Crippen LogP contribution in [0.1, 0.15) is 20.8 Å². The van der Waals surface area contributed by atoms with Crippen LogP contribution in [-0.4, -0.2) is 35.4 Å². The monoisotopic (exact) mass is 212 g/mol. The summed E-state index contributed by atoms with van der Waals surface area (Å²) in [6.45, 7) is 5.76. The minimum Gasteiger partial charge on any atom is -0.292 e. The van der Waals surface area contributed by atoms with Crippen LogP contribution in [0.5, 0.6) is 0 Å². The number of rotatable bonds is 3. The molecule has 0 spiro atoms. The quantitative estimate of drug-likeness (QED) is 0.670. The molecule has 1 aliphatic heterocycles. The third-order valence-corrected chi connectivity index (χ3v) is 3.13. The van der Waals surface area contributed by atoms with E-state index in [1.54, 1.807) is 18.8 Å². The zero-order chi connectivity index (χ0) is 10.7. The Balaban J connectivity index is 2.79. The lowest BCUT2D eigenvalue weighted by Crippen LogP contribution is -2.30. The van der Waals surface area contributed by atoms with Crippen molar-refractivity contribution in [2.45, 2.75) is 26.8 Å². The fourth-order valence-corrected chi connectivity index (χ4v) is 2.19. The highest BCUT2D eigenvalue weighted by atomic mass is 32.2. The molecule has 1 rings (SSSR count). The third kappa shape index (κ3) is 2.44. The van der Waals surface area contributed by atoms with Gasteiger partial charge in [-0.1, -0.05) is 13.8 Å². The summed E-state index contributed by atoms with van der Waals surface area (Å²) in [5.41, 5.74) is 0.629. The Kier molecular flexibility index (Phi) is 3.86. The molecule has 0 saturated heterocycles. The number of Topliss-reactive ketones (excluding diaryl/α,β-unsaturated/α-hetero) is 1. The van der Waals surface area contributed by atoms with Gasteiger partial charge in [-0.25, -0.2) is 0 Å². The molecule has 14 heavy (non-hydrogen) atoms. The summed E-state index contributed by atoms with van der Waals surface area (Å²) in [5, 5.41) is 1.05. The van der Waals surface area contributed by atoms with Crippen LogP contribution in [-0.2, 0) is 4.79 Å². The van der Waals surface area contributed by atoms with Crippen molar-refractivity contribution in [3.05, 3.63) is 0 Å². The molecule has 0 amide bonds. The number of hydrogen-bond donors (Lipinski definition) is 0. The van der Waals surface area contributed by atoms with E-state index in [4.69, 9.17) is 0 Å². The maximum absolute atomic E-state index is 11.8. The molecule has 3 nitrogen and oxygen atoms in total. The van der Waals surface area contributed by atoms with E-state index in [0.29, 0.717) is 5.71 Å². The van der Waals surface area contributed by atoms with Gasteiger partial charge >= 0.3 is 0 Å². The van der Waals surface area contributed by atoms with Crippen molar-refractivity contribution < 1.29 is 4.79 Å². The normalized spacial score (nSPS) is 22.8. The van der Waals surface area contributed by atoms with E-state index >= 15 is 0 Å². The first kappa shape index (κ1) is 11.4. The molecule has 1 heterocycles. The number of carbonyl (C=O) groups excluding carboxylic acids is 1. The van der Waals surface area contributed by atoms with Crippen LogP contribution in [0.2, 0.25) is 0 Å². The van der Waals surface area contributed by atoms with Crippen molar-refractivity contribution in [2.24, 2.45) is 15.9 Å². The highest BCUT2D eigenvalue weighted by Gasteiger charge is 2.27. The van der Waals surface area contributed by atoms with Crippen LogP contribution in [0.4, 0.5) is 0 Å². The van der Waals surface area contributed by atoms with E-state index < -0.39 is 0 Å². The Labute approximate surface area is 89.1 Å². The van der Waals surface area contributed by atoms with E-state index in [0.717, 1.165) is 10.8 Å². The van der Waals surface area contributed by atoms with E-state index in [1.165, 1.54) is 0 Å². The lowest BCUT2D eigenvalue weighted by atomic mass is 10.0. The highest BCUT2D eigenvalue weighted by Crippen LogP contribution is 2.19. The minimum absolute atomic E-state index is 0.00908. The zero-order valence-electron chi connectivity index (χ0n) is 9.07. The average Bonchev–Trinajstić information content (AvgIpc) is 2.53. The van der Waals surface area contributed by atoms with Crippen LogP contribution in [0.15, 0.2) is 9.98 Å². The lowest BCUT2D eigenvalue weighted by Gasteiger charge is -2.10. The van der Waals surface area contributed by atoms with Gasteiger partial charge in [0, 0.05) is 18.7 Å².